The van der Waals surface area contributed by atoms with Gasteiger partial charge in [-0.15, -0.1) is 0 Å². The molecule has 2 aromatic carbocycles. The smallest absolute Gasteiger partial charge is 0.257 e. The van der Waals surface area contributed by atoms with E-state index in [1.54, 1.807) is 24.3 Å². The number of halogens is 1. The minimum Gasteiger partial charge on any atom is -0.508 e. The van der Waals surface area contributed by atoms with Crippen LogP contribution in [0.25, 0.3) is 0 Å². The van der Waals surface area contributed by atoms with Crippen LogP contribution in [0.3, 0.4) is 0 Å². The van der Waals surface area contributed by atoms with Crippen LogP contribution in [0.5, 0.6) is 5.75 Å². The molecule has 21 heavy (non-hydrogen) atoms. The van der Waals surface area contributed by atoms with E-state index in [4.69, 9.17) is 16.7 Å². The molecule has 2 rings (SSSR count). The third-order valence-corrected chi connectivity index (χ3v) is 2.96. The third kappa shape index (κ3) is 3.99. The first-order chi connectivity index (χ1) is 10.1. The molecule has 0 aromatic heterocycles. The molecule has 0 fully saturated rings. The Morgan fingerprint density at radius 1 is 1.24 bits per heavy atom. The number of carbonyl (C=O) groups excluding carboxylic acids is 1. The lowest BCUT2D eigenvalue weighted by Crippen LogP contribution is -2.12. The first-order valence-electron chi connectivity index (χ1n) is 6.10. The van der Waals surface area contributed by atoms with E-state index in [1.807, 2.05) is 0 Å². The number of hydrogen-bond donors (Lipinski definition) is 3. The number of carbonyl (C=O) groups is 1. The number of aliphatic hydroxyl groups excluding tert-OH is 1. The molecular weight excluding hydrogens is 290 g/mol. The summed E-state index contributed by atoms with van der Waals surface area (Å²) < 4.78 is 0. The second kappa shape index (κ2) is 6.80. The molecule has 0 aliphatic rings. The van der Waals surface area contributed by atoms with Crippen molar-refractivity contribution in [1.29, 1.82) is 0 Å². The van der Waals surface area contributed by atoms with Gasteiger partial charge in [0, 0.05) is 11.3 Å². The van der Waals surface area contributed by atoms with E-state index in [0.717, 1.165) is 0 Å². The van der Waals surface area contributed by atoms with E-state index in [1.165, 1.54) is 18.2 Å². The van der Waals surface area contributed by atoms with E-state index in [0.29, 0.717) is 11.3 Å². The summed E-state index contributed by atoms with van der Waals surface area (Å²) in [7, 11) is 0. The largest absolute Gasteiger partial charge is 0.508 e. The Hall–Kier alpha value is -2.48. The maximum atomic E-state index is 12.1. The van der Waals surface area contributed by atoms with Gasteiger partial charge in [0.1, 0.15) is 12.4 Å². The molecule has 0 aliphatic carbocycles. The van der Waals surface area contributed by atoms with Crippen molar-refractivity contribution in [2.45, 2.75) is 0 Å². The van der Waals surface area contributed by atoms with Crippen molar-refractivity contribution in [3.8, 4) is 17.6 Å². The molecule has 0 radical (unpaired) electrons. The highest BCUT2D eigenvalue weighted by atomic mass is 35.5. The minimum absolute atomic E-state index is 0.0351. The number of nitrogens with one attached hydrogen (secondary N) is 1. The van der Waals surface area contributed by atoms with Crippen molar-refractivity contribution in [3.63, 3.8) is 0 Å². The van der Waals surface area contributed by atoms with Gasteiger partial charge >= 0.3 is 0 Å². The molecule has 0 saturated carbocycles. The van der Waals surface area contributed by atoms with Gasteiger partial charge in [-0.05, 0) is 36.4 Å². The molecule has 5 heteroatoms. The van der Waals surface area contributed by atoms with Crippen LogP contribution in [-0.4, -0.2) is 22.7 Å². The Morgan fingerprint density at radius 3 is 2.81 bits per heavy atom. The molecule has 0 atom stereocenters. The lowest BCUT2D eigenvalue weighted by atomic mass is 10.1. The number of phenols is 1. The van der Waals surface area contributed by atoms with Crippen molar-refractivity contribution in [2.75, 3.05) is 11.9 Å². The molecule has 106 valence electrons. The second-order valence-electron chi connectivity index (χ2n) is 4.16. The highest BCUT2D eigenvalue weighted by Crippen LogP contribution is 2.22. The zero-order valence-corrected chi connectivity index (χ0v) is 11.7. The molecule has 0 bridgehead atoms. The number of hydrogen-bond acceptors (Lipinski definition) is 3. The molecule has 2 aromatic rings. The lowest BCUT2D eigenvalue weighted by molar-refractivity contribution is 0.102. The average molecular weight is 302 g/mol. The van der Waals surface area contributed by atoms with Gasteiger partial charge in [-0.1, -0.05) is 29.5 Å². The summed E-state index contributed by atoms with van der Waals surface area (Å²) in [6, 6.07) is 11.0. The number of aliphatic hydroxyl groups is 1. The van der Waals surface area contributed by atoms with Gasteiger partial charge < -0.3 is 15.5 Å². The zero-order valence-electron chi connectivity index (χ0n) is 10.9. The van der Waals surface area contributed by atoms with Crippen LogP contribution >= 0.6 is 11.6 Å². The summed E-state index contributed by atoms with van der Waals surface area (Å²) >= 11 is 5.94. The first-order valence-corrected chi connectivity index (χ1v) is 6.47. The van der Waals surface area contributed by atoms with Gasteiger partial charge in [-0.2, -0.15) is 0 Å². The van der Waals surface area contributed by atoms with Crippen molar-refractivity contribution < 1.29 is 15.0 Å². The van der Waals surface area contributed by atoms with E-state index in [2.05, 4.69) is 17.2 Å². The summed E-state index contributed by atoms with van der Waals surface area (Å²) in [6.45, 7) is -0.227. The normalized spacial score (nSPS) is 9.62. The quantitative estimate of drug-likeness (QED) is 0.747. The molecule has 0 unspecified atom stereocenters. The highest BCUT2D eigenvalue weighted by Gasteiger charge is 2.11. The van der Waals surface area contributed by atoms with Crippen LogP contribution in [0, 0.1) is 11.8 Å². The van der Waals surface area contributed by atoms with Crippen molar-refractivity contribution >= 4 is 23.2 Å². The monoisotopic (exact) mass is 301 g/mol. The summed E-state index contributed by atoms with van der Waals surface area (Å²) in [5.74, 6) is 4.82. The van der Waals surface area contributed by atoms with E-state index < -0.39 is 5.91 Å². The first kappa shape index (κ1) is 14.9. The van der Waals surface area contributed by atoms with E-state index >= 15 is 0 Å². The maximum Gasteiger partial charge on any atom is 0.257 e. The van der Waals surface area contributed by atoms with Crippen molar-refractivity contribution in [2.24, 2.45) is 0 Å². The second-order valence-corrected chi connectivity index (χ2v) is 4.57. The van der Waals surface area contributed by atoms with Crippen LogP contribution in [0.15, 0.2) is 42.5 Å². The molecule has 3 N–H and O–H groups in total. The van der Waals surface area contributed by atoms with E-state index in [-0.39, 0.29) is 22.9 Å². The number of phenolic OH excluding ortho intramolecular Hbond substituents is 1. The molecule has 4 nitrogen and oxygen atoms in total. The highest BCUT2D eigenvalue weighted by molar-refractivity contribution is 6.34. The Labute approximate surface area is 127 Å². The number of benzene rings is 2. The number of aromatic hydroxyl groups is 1. The van der Waals surface area contributed by atoms with Gasteiger partial charge in [0.15, 0.2) is 0 Å². The van der Waals surface area contributed by atoms with Crippen LogP contribution < -0.4 is 5.32 Å². The molecule has 1 amide bonds. The van der Waals surface area contributed by atoms with Gasteiger partial charge in [0.2, 0.25) is 0 Å². The topological polar surface area (TPSA) is 69.6 Å². The Bertz CT molecular complexity index is 732. The Kier molecular flexibility index (Phi) is 4.83. The average Bonchev–Trinajstić information content (AvgIpc) is 2.48. The number of rotatable bonds is 2. The fourth-order valence-electron chi connectivity index (χ4n) is 1.70. The fraction of sp³-hybridized carbons (Fsp3) is 0.0625. The van der Waals surface area contributed by atoms with Crippen molar-refractivity contribution in [1.82, 2.24) is 0 Å². The third-order valence-electron chi connectivity index (χ3n) is 2.63. The Morgan fingerprint density at radius 2 is 2.05 bits per heavy atom. The van der Waals surface area contributed by atoms with Crippen LogP contribution in [-0.2, 0) is 0 Å². The van der Waals surface area contributed by atoms with Gasteiger partial charge in [0.05, 0.1) is 10.6 Å². The summed E-state index contributed by atoms with van der Waals surface area (Å²) in [6.07, 6.45) is 0. The van der Waals surface area contributed by atoms with Gasteiger partial charge in [-0.3, -0.25) is 4.79 Å². The van der Waals surface area contributed by atoms with Gasteiger partial charge in [-0.25, -0.2) is 0 Å². The predicted octanol–water partition coefficient (Wildman–Crippen LogP) is 2.64. The summed E-state index contributed by atoms with van der Waals surface area (Å²) in [5, 5.41) is 21.0. The molecular formula is C16H12ClNO3. The van der Waals surface area contributed by atoms with Crippen molar-refractivity contribution in [3.05, 3.63) is 58.6 Å². The Balaban J connectivity index is 2.21. The number of anilines is 1. The summed E-state index contributed by atoms with van der Waals surface area (Å²) in [4.78, 5) is 12.1. The maximum absolute atomic E-state index is 12.1. The zero-order chi connectivity index (χ0) is 15.2. The van der Waals surface area contributed by atoms with Crippen LogP contribution in [0.2, 0.25) is 5.02 Å². The van der Waals surface area contributed by atoms with Crippen LogP contribution in [0.1, 0.15) is 15.9 Å². The van der Waals surface area contributed by atoms with Crippen LogP contribution in [0.4, 0.5) is 5.69 Å². The predicted molar refractivity (Wildman–Crippen MR) is 81.5 cm³/mol. The molecule has 0 aliphatic heterocycles. The molecule has 0 heterocycles. The standard InChI is InChI=1S/C16H12ClNO3/c17-15-7-6-13(20)10-14(15)16(21)18-12-5-1-3-11(9-12)4-2-8-19/h1,3,5-7,9-10,19-20H,8H2,(H,18,21). The minimum atomic E-state index is -0.428. The lowest BCUT2D eigenvalue weighted by Gasteiger charge is -2.07. The fourth-order valence-corrected chi connectivity index (χ4v) is 1.91. The molecule has 0 saturated heterocycles. The van der Waals surface area contributed by atoms with Gasteiger partial charge in [0.25, 0.3) is 5.91 Å². The number of amides is 1. The molecule has 0 spiro atoms. The SMILES string of the molecule is O=C(Nc1cccc(C#CCO)c1)c1cc(O)ccc1Cl. The van der Waals surface area contributed by atoms with E-state index in [9.17, 15) is 9.90 Å². The summed E-state index contributed by atoms with van der Waals surface area (Å²) in [5.41, 5.74) is 1.40.